The van der Waals surface area contributed by atoms with E-state index < -0.39 is 17.7 Å². The van der Waals surface area contributed by atoms with Gasteiger partial charge in [0.05, 0.1) is 31.4 Å². The summed E-state index contributed by atoms with van der Waals surface area (Å²) in [6, 6.07) is 18.5. The van der Waals surface area contributed by atoms with Gasteiger partial charge in [-0.25, -0.2) is 0 Å². The van der Waals surface area contributed by atoms with Crippen LogP contribution in [0.4, 0.5) is 5.13 Å². The highest BCUT2D eigenvalue weighted by Crippen LogP contribution is 2.46. The number of hydrogen-bond acceptors (Lipinski definition) is 10. The molecule has 0 aliphatic carbocycles. The van der Waals surface area contributed by atoms with Gasteiger partial charge < -0.3 is 19.3 Å². The lowest BCUT2D eigenvalue weighted by atomic mass is 9.95. The van der Waals surface area contributed by atoms with Crippen molar-refractivity contribution in [3.05, 3.63) is 94.0 Å². The standard InChI is InChI=1S/C35H36ClN3O6S2/c1-5-43-25-14-11-22(12-15-25)31(40)29-30(23-13-16-27(28(19-23)44-6-2)45-18-17-21(3)4)39(33(42)32(29)41)34-37-38-35(47-34)46-20-24-9-7-8-10-26(24)36/h7-16,19,21,30,40H,5-6,17-18,20H2,1-4H3/b31-29+. The van der Waals surface area contributed by atoms with Crippen LogP contribution >= 0.6 is 34.7 Å². The molecule has 0 saturated carbocycles. The van der Waals surface area contributed by atoms with Gasteiger partial charge in [0.1, 0.15) is 11.5 Å². The Kier molecular flexibility index (Phi) is 11.4. The zero-order valence-corrected chi connectivity index (χ0v) is 29.0. The molecule has 0 radical (unpaired) electrons. The minimum Gasteiger partial charge on any atom is -0.507 e. The van der Waals surface area contributed by atoms with E-state index in [1.165, 1.54) is 28.0 Å². The first-order valence-corrected chi connectivity index (χ1v) is 17.5. The molecule has 47 heavy (non-hydrogen) atoms. The Morgan fingerprint density at radius 3 is 2.43 bits per heavy atom. The maximum Gasteiger partial charge on any atom is 0.301 e. The van der Waals surface area contributed by atoms with Crippen molar-refractivity contribution in [2.75, 3.05) is 24.7 Å². The average Bonchev–Trinajstić information content (AvgIpc) is 3.63. The summed E-state index contributed by atoms with van der Waals surface area (Å²) in [6.45, 7) is 9.35. The zero-order chi connectivity index (χ0) is 33.5. The van der Waals surface area contributed by atoms with Crippen LogP contribution in [0.25, 0.3) is 5.76 Å². The van der Waals surface area contributed by atoms with Crippen LogP contribution in [0.2, 0.25) is 5.02 Å². The molecule has 1 amide bonds. The van der Waals surface area contributed by atoms with Crippen LogP contribution in [0, 0.1) is 5.92 Å². The highest BCUT2D eigenvalue weighted by atomic mass is 35.5. The molecule has 1 atom stereocenters. The number of amides is 1. The molecule has 1 fully saturated rings. The van der Waals surface area contributed by atoms with E-state index in [2.05, 4.69) is 24.0 Å². The number of hydrogen-bond donors (Lipinski definition) is 1. The summed E-state index contributed by atoms with van der Waals surface area (Å²) < 4.78 is 18.1. The number of aliphatic hydroxyl groups is 1. The van der Waals surface area contributed by atoms with Crippen molar-refractivity contribution in [1.29, 1.82) is 0 Å². The van der Waals surface area contributed by atoms with Gasteiger partial charge in [0.2, 0.25) is 5.13 Å². The topological polar surface area (TPSA) is 111 Å². The molecule has 1 aromatic heterocycles. The summed E-state index contributed by atoms with van der Waals surface area (Å²) in [7, 11) is 0. The first kappa shape index (κ1) is 34.3. The molecule has 2 heterocycles. The Bertz CT molecular complexity index is 1760. The second-order valence-electron chi connectivity index (χ2n) is 11.0. The van der Waals surface area contributed by atoms with Gasteiger partial charge >= 0.3 is 5.91 Å². The second kappa shape index (κ2) is 15.7. The molecule has 1 aliphatic rings. The minimum absolute atomic E-state index is 0.0736. The monoisotopic (exact) mass is 693 g/mol. The zero-order valence-electron chi connectivity index (χ0n) is 26.6. The smallest absolute Gasteiger partial charge is 0.301 e. The number of aliphatic hydroxyl groups excluding tert-OH is 1. The molecule has 1 aliphatic heterocycles. The summed E-state index contributed by atoms with van der Waals surface area (Å²) in [5, 5.41) is 21.1. The Labute approximate surface area is 287 Å². The molecule has 0 spiro atoms. The van der Waals surface area contributed by atoms with Gasteiger partial charge in [-0.1, -0.05) is 72.8 Å². The van der Waals surface area contributed by atoms with Crippen LogP contribution in [0.15, 0.2) is 76.6 Å². The molecule has 1 saturated heterocycles. The number of nitrogens with zero attached hydrogens (tertiary/aromatic N) is 3. The Morgan fingerprint density at radius 1 is 0.979 bits per heavy atom. The van der Waals surface area contributed by atoms with Crippen LogP contribution < -0.4 is 19.1 Å². The Balaban J connectivity index is 1.56. The van der Waals surface area contributed by atoms with Crippen molar-refractivity contribution in [3.63, 3.8) is 0 Å². The first-order chi connectivity index (χ1) is 22.7. The maximum atomic E-state index is 13.8. The number of anilines is 1. The van der Waals surface area contributed by atoms with Crippen LogP contribution in [0.3, 0.4) is 0 Å². The van der Waals surface area contributed by atoms with Crippen LogP contribution in [0.5, 0.6) is 17.2 Å². The van der Waals surface area contributed by atoms with Gasteiger partial charge in [-0.05, 0) is 79.8 Å². The predicted octanol–water partition coefficient (Wildman–Crippen LogP) is 8.33. The summed E-state index contributed by atoms with van der Waals surface area (Å²) in [6.07, 6.45) is 0.865. The fourth-order valence-electron chi connectivity index (χ4n) is 4.98. The molecule has 246 valence electrons. The lowest BCUT2D eigenvalue weighted by Crippen LogP contribution is -2.29. The molecule has 9 nitrogen and oxygen atoms in total. The lowest BCUT2D eigenvalue weighted by Gasteiger charge is -2.24. The van der Waals surface area contributed by atoms with Crippen molar-refractivity contribution in [1.82, 2.24) is 10.2 Å². The molecule has 1 unspecified atom stereocenters. The fourth-order valence-corrected chi connectivity index (χ4v) is 7.13. The number of aromatic nitrogens is 2. The van der Waals surface area contributed by atoms with Crippen LogP contribution in [-0.4, -0.2) is 46.8 Å². The third kappa shape index (κ3) is 7.91. The average molecular weight is 694 g/mol. The van der Waals surface area contributed by atoms with Crippen molar-refractivity contribution < 1.29 is 28.9 Å². The summed E-state index contributed by atoms with van der Waals surface area (Å²) in [4.78, 5) is 28.8. The quantitative estimate of drug-likeness (QED) is 0.0458. The first-order valence-electron chi connectivity index (χ1n) is 15.3. The highest BCUT2D eigenvalue weighted by Gasteiger charge is 2.48. The fraction of sp³-hybridized carbons (Fsp3) is 0.314. The summed E-state index contributed by atoms with van der Waals surface area (Å²) in [5.74, 6) is 0.672. The Hall–Kier alpha value is -4.06. The normalized spacial score (nSPS) is 15.8. The number of halogens is 1. The second-order valence-corrected chi connectivity index (χ2v) is 13.6. The third-order valence-electron chi connectivity index (χ3n) is 7.33. The van der Waals surface area contributed by atoms with E-state index in [4.69, 9.17) is 25.8 Å². The number of benzene rings is 3. The lowest BCUT2D eigenvalue weighted by molar-refractivity contribution is -0.132. The number of ether oxygens (including phenoxy) is 3. The molecule has 3 aromatic carbocycles. The van der Waals surface area contributed by atoms with Gasteiger partial charge in [0.25, 0.3) is 5.78 Å². The molecule has 4 aromatic rings. The van der Waals surface area contributed by atoms with Gasteiger partial charge in [0, 0.05) is 16.3 Å². The van der Waals surface area contributed by atoms with Crippen molar-refractivity contribution in [2.45, 2.75) is 50.3 Å². The highest BCUT2D eigenvalue weighted by molar-refractivity contribution is 8.00. The number of Topliss-reactive ketones (excluding diaryl/α,β-unsaturated/α-hetero) is 1. The van der Waals surface area contributed by atoms with E-state index >= 15 is 0 Å². The molecule has 0 bridgehead atoms. The maximum absolute atomic E-state index is 13.8. The van der Waals surface area contributed by atoms with Crippen molar-refractivity contribution >= 4 is 57.3 Å². The van der Waals surface area contributed by atoms with E-state index in [0.717, 1.165) is 12.0 Å². The molecule has 1 N–H and O–H groups in total. The SMILES string of the molecule is CCOc1ccc(/C(O)=C2\C(=O)C(=O)N(c3nnc(SCc4ccccc4Cl)s3)C2c2ccc(OCCC(C)C)c(OCC)c2)cc1. The molecular formula is C35H36ClN3O6S2. The number of rotatable bonds is 14. The number of carbonyl (C=O) groups excluding carboxylic acids is 2. The van der Waals surface area contributed by atoms with Gasteiger partial charge in [-0.3, -0.25) is 14.5 Å². The van der Waals surface area contributed by atoms with Gasteiger partial charge in [0.15, 0.2) is 15.8 Å². The number of thioether (sulfide) groups is 1. The van der Waals surface area contributed by atoms with E-state index in [9.17, 15) is 14.7 Å². The van der Waals surface area contributed by atoms with Crippen LogP contribution in [0.1, 0.15) is 56.8 Å². The largest absolute Gasteiger partial charge is 0.507 e. The summed E-state index contributed by atoms with van der Waals surface area (Å²) in [5.41, 5.74) is 1.77. The van der Waals surface area contributed by atoms with E-state index in [1.807, 2.05) is 38.1 Å². The van der Waals surface area contributed by atoms with Crippen molar-refractivity contribution in [2.24, 2.45) is 5.92 Å². The van der Waals surface area contributed by atoms with Crippen molar-refractivity contribution in [3.8, 4) is 17.2 Å². The van der Waals surface area contributed by atoms with E-state index in [-0.39, 0.29) is 16.5 Å². The molecule has 5 rings (SSSR count). The van der Waals surface area contributed by atoms with Crippen LogP contribution in [-0.2, 0) is 15.3 Å². The van der Waals surface area contributed by atoms with Gasteiger partial charge in [-0.2, -0.15) is 0 Å². The predicted molar refractivity (Wildman–Crippen MR) is 186 cm³/mol. The Morgan fingerprint density at radius 2 is 1.72 bits per heavy atom. The number of carbonyl (C=O) groups is 2. The number of ketones is 1. The molecular weight excluding hydrogens is 658 g/mol. The molecule has 12 heteroatoms. The van der Waals surface area contributed by atoms with E-state index in [0.29, 0.717) is 69.2 Å². The summed E-state index contributed by atoms with van der Waals surface area (Å²) >= 11 is 8.94. The van der Waals surface area contributed by atoms with E-state index in [1.54, 1.807) is 42.5 Å². The minimum atomic E-state index is -1.01. The third-order valence-corrected chi connectivity index (χ3v) is 9.80. The van der Waals surface area contributed by atoms with Gasteiger partial charge in [-0.15, -0.1) is 10.2 Å².